The Bertz CT molecular complexity index is 570. The second-order valence-corrected chi connectivity index (χ2v) is 5.74. The quantitative estimate of drug-likeness (QED) is 0.634. The molecular weight excluding hydrogens is 272 g/mol. The van der Waals surface area contributed by atoms with Gasteiger partial charge >= 0.3 is 5.69 Å². The van der Waals surface area contributed by atoms with Crippen molar-refractivity contribution in [2.75, 3.05) is 7.11 Å². The molecule has 8 heteroatoms. The van der Waals surface area contributed by atoms with Gasteiger partial charge in [0, 0.05) is 12.1 Å². The topological polar surface area (TPSA) is 98.5 Å². The van der Waals surface area contributed by atoms with Gasteiger partial charge in [-0.25, -0.2) is 13.1 Å². The van der Waals surface area contributed by atoms with Crippen LogP contribution in [0.25, 0.3) is 0 Å². The van der Waals surface area contributed by atoms with Gasteiger partial charge < -0.3 is 4.74 Å². The molecule has 1 N–H and O–H groups in total. The van der Waals surface area contributed by atoms with E-state index >= 15 is 0 Å². The van der Waals surface area contributed by atoms with Gasteiger partial charge in [0.05, 0.1) is 16.9 Å². The van der Waals surface area contributed by atoms with Crippen molar-refractivity contribution in [3.63, 3.8) is 0 Å². The second-order valence-electron chi connectivity index (χ2n) is 4.02. The number of benzene rings is 1. The molecule has 0 aliphatic rings. The van der Waals surface area contributed by atoms with Crippen LogP contribution >= 0.6 is 0 Å². The van der Waals surface area contributed by atoms with Crippen LogP contribution in [0, 0.1) is 10.1 Å². The molecule has 0 radical (unpaired) electrons. The summed E-state index contributed by atoms with van der Waals surface area (Å²) in [4.78, 5) is 10.0. The lowest BCUT2D eigenvalue weighted by molar-refractivity contribution is -0.386. The molecule has 0 heterocycles. The molecule has 1 aromatic rings. The fourth-order valence-corrected chi connectivity index (χ4v) is 2.74. The van der Waals surface area contributed by atoms with Gasteiger partial charge in [0.15, 0.2) is 5.75 Å². The van der Waals surface area contributed by atoms with Gasteiger partial charge in [-0.3, -0.25) is 10.1 Å². The Morgan fingerprint density at radius 1 is 1.47 bits per heavy atom. The van der Waals surface area contributed by atoms with E-state index in [1.165, 1.54) is 19.2 Å². The SMILES string of the molecule is CC[C@@H](C)NS(=O)(=O)c1ccc(OC)c([N+](=O)[O-])c1. The Morgan fingerprint density at radius 3 is 2.58 bits per heavy atom. The Balaban J connectivity index is 3.22. The van der Waals surface area contributed by atoms with E-state index in [1.807, 2.05) is 6.92 Å². The number of hydrogen-bond acceptors (Lipinski definition) is 5. The van der Waals surface area contributed by atoms with Crippen LogP contribution in [0.15, 0.2) is 23.1 Å². The van der Waals surface area contributed by atoms with E-state index in [2.05, 4.69) is 4.72 Å². The molecular formula is C11H16N2O5S. The fraction of sp³-hybridized carbons (Fsp3) is 0.455. The van der Waals surface area contributed by atoms with Gasteiger partial charge in [-0.15, -0.1) is 0 Å². The highest BCUT2D eigenvalue weighted by molar-refractivity contribution is 7.89. The Labute approximate surface area is 111 Å². The van der Waals surface area contributed by atoms with Crippen molar-refractivity contribution in [1.29, 1.82) is 0 Å². The number of methoxy groups -OCH3 is 1. The van der Waals surface area contributed by atoms with Crippen LogP contribution in [0.5, 0.6) is 5.75 Å². The summed E-state index contributed by atoms with van der Waals surface area (Å²) in [5.41, 5.74) is -0.380. The summed E-state index contributed by atoms with van der Waals surface area (Å²) in [6, 6.07) is 3.29. The number of nitro groups is 1. The van der Waals surface area contributed by atoms with Gasteiger partial charge in [0.25, 0.3) is 0 Å². The summed E-state index contributed by atoms with van der Waals surface area (Å²) in [6.07, 6.45) is 0.622. The summed E-state index contributed by atoms with van der Waals surface area (Å²) < 4.78 is 31.3. The number of nitrogens with zero attached hydrogens (tertiary/aromatic N) is 1. The van der Waals surface area contributed by atoms with E-state index in [4.69, 9.17) is 4.74 Å². The first-order valence-corrected chi connectivity index (χ1v) is 7.15. The summed E-state index contributed by atoms with van der Waals surface area (Å²) in [6.45, 7) is 3.55. The van der Waals surface area contributed by atoms with E-state index in [0.29, 0.717) is 6.42 Å². The van der Waals surface area contributed by atoms with Crippen molar-refractivity contribution in [3.05, 3.63) is 28.3 Å². The largest absolute Gasteiger partial charge is 0.490 e. The average molecular weight is 288 g/mol. The van der Waals surface area contributed by atoms with Crippen LogP contribution < -0.4 is 9.46 Å². The fourth-order valence-electron chi connectivity index (χ4n) is 1.40. The molecule has 1 aromatic carbocycles. The maximum absolute atomic E-state index is 12.0. The summed E-state index contributed by atoms with van der Waals surface area (Å²) >= 11 is 0. The number of ether oxygens (including phenoxy) is 1. The van der Waals surface area contributed by atoms with Gasteiger partial charge in [-0.1, -0.05) is 6.92 Å². The highest BCUT2D eigenvalue weighted by Gasteiger charge is 2.22. The molecule has 0 aliphatic heterocycles. The lowest BCUT2D eigenvalue weighted by Crippen LogP contribution is -2.32. The zero-order valence-electron chi connectivity index (χ0n) is 10.9. The van der Waals surface area contributed by atoms with Crippen molar-refractivity contribution in [3.8, 4) is 5.75 Å². The molecule has 0 aromatic heterocycles. The monoisotopic (exact) mass is 288 g/mol. The van der Waals surface area contributed by atoms with E-state index in [9.17, 15) is 18.5 Å². The second kappa shape index (κ2) is 5.98. The maximum atomic E-state index is 12.0. The Morgan fingerprint density at radius 2 is 2.11 bits per heavy atom. The predicted molar refractivity (Wildman–Crippen MR) is 69.7 cm³/mol. The van der Waals surface area contributed by atoms with Crippen molar-refractivity contribution in [1.82, 2.24) is 4.72 Å². The molecule has 0 saturated heterocycles. The van der Waals surface area contributed by atoms with Crippen LogP contribution in [0.3, 0.4) is 0 Å². The van der Waals surface area contributed by atoms with Gasteiger partial charge in [0.2, 0.25) is 10.0 Å². The molecule has 0 amide bonds. The summed E-state index contributed by atoms with van der Waals surface area (Å²) in [5.74, 6) is 0.0208. The summed E-state index contributed by atoms with van der Waals surface area (Å²) in [5, 5.41) is 10.8. The summed E-state index contributed by atoms with van der Waals surface area (Å²) in [7, 11) is -2.48. The van der Waals surface area contributed by atoms with E-state index in [0.717, 1.165) is 6.07 Å². The molecule has 0 bridgehead atoms. The zero-order valence-corrected chi connectivity index (χ0v) is 11.7. The molecule has 0 spiro atoms. The third kappa shape index (κ3) is 3.65. The first-order chi connectivity index (χ1) is 8.81. The Kier molecular flexibility index (Phi) is 4.84. The van der Waals surface area contributed by atoms with Crippen molar-refractivity contribution >= 4 is 15.7 Å². The molecule has 0 aliphatic carbocycles. The van der Waals surface area contributed by atoms with Crippen LogP contribution in [0.2, 0.25) is 0 Å². The normalized spacial score (nSPS) is 13.0. The van der Waals surface area contributed by atoms with Crippen LogP contribution in [-0.2, 0) is 10.0 Å². The first-order valence-electron chi connectivity index (χ1n) is 5.66. The number of hydrogen-bond donors (Lipinski definition) is 1. The van der Waals surface area contributed by atoms with E-state index in [1.54, 1.807) is 6.92 Å². The third-order valence-corrected chi connectivity index (χ3v) is 4.21. The van der Waals surface area contributed by atoms with Gasteiger partial charge in [0.1, 0.15) is 0 Å². The van der Waals surface area contributed by atoms with Crippen molar-refractivity contribution in [2.45, 2.75) is 31.2 Å². The number of rotatable bonds is 6. The minimum Gasteiger partial charge on any atom is -0.490 e. The predicted octanol–water partition coefficient (Wildman–Crippen LogP) is 1.68. The molecule has 1 rings (SSSR count). The van der Waals surface area contributed by atoms with E-state index < -0.39 is 14.9 Å². The lowest BCUT2D eigenvalue weighted by Gasteiger charge is -2.12. The van der Waals surface area contributed by atoms with Gasteiger partial charge in [-0.2, -0.15) is 0 Å². The molecule has 0 saturated carbocycles. The highest BCUT2D eigenvalue weighted by atomic mass is 32.2. The smallest absolute Gasteiger partial charge is 0.312 e. The van der Waals surface area contributed by atoms with Crippen molar-refractivity contribution < 1.29 is 18.1 Å². The molecule has 7 nitrogen and oxygen atoms in total. The zero-order chi connectivity index (χ0) is 14.6. The standard InChI is InChI=1S/C11H16N2O5S/c1-4-8(2)12-19(16,17)9-5-6-11(18-3)10(7-9)13(14)15/h5-8,12H,4H2,1-3H3/t8-/m1/s1. The van der Waals surface area contributed by atoms with E-state index in [-0.39, 0.29) is 22.4 Å². The first kappa shape index (κ1) is 15.4. The van der Waals surface area contributed by atoms with Crippen LogP contribution in [-0.4, -0.2) is 26.5 Å². The lowest BCUT2D eigenvalue weighted by atomic mass is 10.3. The minimum atomic E-state index is -3.76. The molecule has 0 fully saturated rings. The molecule has 106 valence electrons. The van der Waals surface area contributed by atoms with Crippen LogP contribution in [0.1, 0.15) is 20.3 Å². The minimum absolute atomic E-state index is 0.0208. The van der Waals surface area contributed by atoms with Crippen LogP contribution in [0.4, 0.5) is 5.69 Å². The molecule has 19 heavy (non-hydrogen) atoms. The maximum Gasteiger partial charge on any atom is 0.312 e. The molecule has 0 unspecified atom stereocenters. The Hall–Kier alpha value is -1.67. The van der Waals surface area contributed by atoms with Crippen molar-refractivity contribution in [2.24, 2.45) is 0 Å². The van der Waals surface area contributed by atoms with Gasteiger partial charge in [-0.05, 0) is 25.5 Å². The molecule has 1 atom stereocenters. The number of nitrogens with one attached hydrogen (secondary N) is 1. The average Bonchev–Trinajstić information content (AvgIpc) is 2.37. The third-order valence-electron chi connectivity index (χ3n) is 2.63. The number of sulfonamides is 1. The highest BCUT2D eigenvalue weighted by Crippen LogP contribution is 2.29. The number of nitro benzene ring substituents is 1.